The Labute approximate surface area is 188 Å². The van der Waals surface area contributed by atoms with Gasteiger partial charge >= 0.3 is 5.97 Å². The van der Waals surface area contributed by atoms with E-state index in [9.17, 15) is 23.3 Å². The molecule has 0 unspecified atom stereocenters. The number of nitrogens with zero attached hydrogens (tertiary/aromatic N) is 1. The molecule has 0 aromatic heterocycles. The number of aliphatic carboxylic acids is 1. The van der Waals surface area contributed by atoms with Crippen LogP contribution in [0.3, 0.4) is 0 Å². The van der Waals surface area contributed by atoms with E-state index >= 15 is 0 Å². The molecule has 1 amide bonds. The molecule has 5 nitrogen and oxygen atoms in total. The largest absolute Gasteiger partial charge is 0.480 e. The smallest absolute Gasteiger partial charge is 0.326 e. The minimum Gasteiger partial charge on any atom is -0.480 e. The average Bonchev–Trinajstić information content (AvgIpc) is 3.34. The normalized spacial score (nSPS) is 20.0. The zero-order chi connectivity index (χ0) is 23.0. The van der Waals surface area contributed by atoms with Crippen LogP contribution in [-0.2, 0) is 20.4 Å². The fourth-order valence-corrected chi connectivity index (χ4v) is 5.00. The Bertz CT molecular complexity index is 1180. The molecule has 166 valence electrons. The molecular formula is C25H24FNO4S. The summed E-state index contributed by atoms with van der Waals surface area (Å²) in [5, 5.41) is 9.42. The van der Waals surface area contributed by atoms with Crippen molar-refractivity contribution in [3.63, 3.8) is 0 Å². The number of allylic oxidation sites excluding steroid dienone is 2. The molecule has 2 aliphatic rings. The number of benzene rings is 2. The zero-order valence-electron chi connectivity index (χ0n) is 17.9. The first-order valence-corrected chi connectivity index (χ1v) is 12.0. The maximum Gasteiger partial charge on any atom is 0.326 e. The van der Waals surface area contributed by atoms with Crippen molar-refractivity contribution in [3.05, 3.63) is 70.5 Å². The van der Waals surface area contributed by atoms with E-state index in [1.54, 1.807) is 12.3 Å². The van der Waals surface area contributed by atoms with Crippen molar-refractivity contribution in [1.82, 2.24) is 4.90 Å². The summed E-state index contributed by atoms with van der Waals surface area (Å²) >= 11 is 0. The second-order valence-corrected chi connectivity index (χ2v) is 9.51. The van der Waals surface area contributed by atoms with Crippen molar-refractivity contribution in [3.8, 4) is 0 Å². The number of carboxylic acids is 1. The molecule has 2 aromatic carbocycles. The van der Waals surface area contributed by atoms with Crippen LogP contribution in [-0.4, -0.2) is 44.9 Å². The predicted octanol–water partition coefficient (Wildman–Crippen LogP) is 4.36. The quantitative estimate of drug-likeness (QED) is 0.730. The average molecular weight is 454 g/mol. The molecule has 2 atom stereocenters. The standard InChI is InChI=1S/C25H24FNO4S/c1-15-20(12-16-5-8-18(9-6-16)32(2)31)19-10-7-17(26)13-22(19)21(15)14-24(28)27-11-3-4-23(27)25(29)30/h5-10,12-13,23H,3-4,11,14H2,1-2H3,(H,29,30)/b20-12+/t23-,32+/m0/s1. The van der Waals surface area contributed by atoms with Gasteiger partial charge in [-0.05, 0) is 83.5 Å². The minimum atomic E-state index is -1.06. The number of halogens is 1. The van der Waals surface area contributed by atoms with Crippen molar-refractivity contribution in [2.45, 2.75) is 37.1 Å². The molecule has 1 fully saturated rings. The molecule has 7 heteroatoms. The van der Waals surface area contributed by atoms with Crippen LogP contribution in [0.5, 0.6) is 0 Å². The Morgan fingerprint density at radius 3 is 2.56 bits per heavy atom. The van der Waals surface area contributed by atoms with E-state index in [0.717, 1.165) is 32.7 Å². The summed E-state index contributed by atoms with van der Waals surface area (Å²) < 4.78 is 25.7. The van der Waals surface area contributed by atoms with Gasteiger partial charge in [0.1, 0.15) is 11.9 Å². The molecule has 1 aliphatic heterocycles. The van der Waals surface area contributed by atoms with Gasteiger partial charge in [0, 0.05) is 28.5 Å². The number of carbonyl (C=O) groups is 2. The maximum atomic E-state index is 14.1. The number of fused-ring (bicyclic) bond motifs is 1. The van der Waals surface area contributed by atoms with Crippen molar-refractivity contribution in [2.24, 2.45) is 0 Å². The highest BCUT2D eigenvalue weighted by atomic mass is 32.2. The van der Waals surface area contributed by atoms with Gasteiger partial charge in [-0.1, -0.05) is 18.2 Å². The van der Waals surface area contributed by atoms with E-state index in [4.69, 9.17) is 0 Å². The third-order valence-electron chi connectivity index (χ3n) is 6.16. The number of hydrogen-bond acceptors (Lipinski definition) is 3. The minimum absolute atomic E-state index is 0.0250. The Morgan fingerprint density at radius 2 is 1.91 bits per heavy atom. The summed E-state index contributed by atoms with van der Waals surface area (Å²) in [7, 11) is -1.06. The molecule has 0 bridgehead atoms. The lowest BCUT2D eigenvalue weighted by Crippen LogP contribution is -2.40. The Morgan fingerprint density at radius 1 is 1.19 bits per heavy atom. The lowest BCUT2D eigenvalue weighted by molar-refractivity contribution is -0.147. The maximum absolute atomic E-state index is 14.1. The topological polar surface area (TPSA) is 74.7 Å². The Hall–Kier alpha value is -3.06. The Kier molecular flexibility index (Phi) is 6.11. The molecule has 1 saturated heterocycles. The number of carboxylic acid groups (broad SMARTS) is 1. The number of carbonyl (C=O) groups excluding carboxylic acids is 1. The molecule has 1 N–H and O–H groups in total. The summed E-state index contributed by atoms with van der Waals surface area (Å²) in [4.78, 5) is 26.7. The highest BCUT2D eigenvalue weighted by Gasteiger charge is 2.35. The summed E-state index contributed by atoms with van der Waals surface area (Å²) in [6.45, 7) is 2.33. The lowest BCUT2D eigenvalue weighted by atomic mass is 10.0. The molecule has 1 aliphatic carbocycles. The van der Waals surface area contributed by atoms with Crippen LogP contribution in [0.15, 0.2) is 52.9 Å². The van der Waals surface area contributed by atoms with Crippen molar-refractivity contribution in [2.75, 3.05) is 12.8 Å². The van der Waals surface area contributed by atoms with E-state index in [2.05, 4.69) is 0 Å². The molecule has 0 radical (unpaired) electrons. The van der Waals surface area contributed by atoms with Gasteiger partial charge in [-0.15, -0.1) is 0 Å². The number of rotatable bonds is 5. The van der Waals surface area contributed by atoms with Crippen molar-refractivity contribution in [1.29, 1.82) is 0 Å². The van der Waals surface area contributed by atoms with E-state index < -0.39 is 22.8 Å². The predicted molar refractivity (Wildman–Crippen MR) is 123 cm³/mol. The second kappa shape index (κ2) is 8.82. The van der Waals surface area contributed by atoms with Crippen LogP contribution in [0, 0.1) is 5.82 Å². The van der Waals surface area contributed by atoms with E-state index in [0.29, 0.717) is 24.9 Å². The molecule has 1 heterocycles. The van der Waals surface area contributed by atoms with Gasteiger partial charge in [-0.2, -0.15) is 0 Å². The van der Waals surface area contributed by atoms with Crippen LogP contribution >= 0.6 is 0 Å². The lowest BCUT2D eigenvalue weighted by Gasteiger charge is -2.22. The van der Waals surface area contributed by atoms with Crippen LogP contribution < -0.4 is 0 Å². The van der Waals surface area contributed by atoms with E-state index in [1.807, 2.05) is 37.3 Å². The third-order valence-corrected chi connectivity index (χ3v) is 7.10. The molecule has 4 rings (SSSR count). The van der Waals surface area contributed by atoms with Crippen molar-refractivity contribution < 1.29 is 23.3 Å². The summed E-state index contributed by atoms with van der Waals surface area (Å²) in [5.74, 6) is -1.63. The first kappa shape index (κ1) is 22.1. The SMILES string of the molecule is CC1=C(CC(=O)N2CCC[C@H]2C(=O)O)c2cc(F)ccc2/C1=C/c1ccc([S@@](C)=O)cc1. The highest BCUT2D eigenvalue weighted by molar-refractivity contribution is 7.84. The number of hydrogen-bond donors (Lipinski definition) is 1. The van der Waals surface area contributed by atoms with Gasteiger partial charge in [-0.25, -0.2) is 9.18 Å². The van der Waals surface area contributed by atoms with Gasteiger partial charge in [0.2, 0.25) is 5.91 Å². The molecular weight excluding hydrogens is 429 g/mol. The first-order valence-electron chi connectivity index (χ1n) is 10.4. The van der Waals surface area contributed by atoms with Crippen LogP contribution in [0.2, 0.25) is 0 Å². The van der Waals surface area contributed by atoms with Gasteiger partial charge in [0.25, 0.3) is 0 Å². The van der Waals surface area contributed by atoms with E-state index in [-0.39, 0.29) is 18.1 Å². The summed E-state index contributed by atoms with van der Waals surface area (Å²) in [6.07, 6.45) is 4.74. The van der Waals surface area contributed by atoms with E-state index in [1.165, 1.54) is 17.0 Å². The van der Waals surface area contributed by atoms with Gasteiger partial charge in [0.05, 0.1) is 6.42 Å². The van der Waals surface area contributed by atoms with Crippen LogP contribution in [0.4, 0.5) is 4.39 Å². The van der Waals surface area contributed by atoms with Gasteiger partial charge in [0.15, 0.2) is 0 Å². The molecule has 2 aromatic rings. The van der Waals surface area contributed by atoms with Crippen LogP contribution in [0.25, 0.3) is 17.2 Å². The summed E-state index contributed by atoms with van der Waals surface area (Å²) in [5.41, 5.74) is 4.89. The van der Waals surface area contributed by atoms with Crippen molar-refractivity contribution >= 4 is 39.9 Å². The van der Waals surface area contributed by atoms with Gasteiger partial charge in [-0.3, -0.25) is 9.00 Å². The fraction of sp³-hybridized carbons (Fsp3) is 0.280. The molecule has 0 spiro atoms. The Balaban J connectivity index is 1.71. The molecule has 32 heavy (non-hydrogen) atoms. The molecule has 0 saturated carbocycles. The second-order valence-electron chi connectivity index (χ2n) is 8.13. The summed E-state index contributed by atoms with van der Waals surface area (Å²) in [6, 6.07) is 11.1. The highest BCUT2D eigenvalue weighted by Crippen LogP contribution is 2.44. The fourth-order valence-electron chi connectivity index (χ4n) is 4.48. The van der Waals surface area contributed by atoms with Crippen LogP contribution in [0.1, 0.15) is 42.9 Å². The monoisotopic (exact) mass is 453 g/mol. The third kappa shape index (κ3) is 4.17. The number of likely N-dealkylation sites (tertiary alicyclic amines) is 1. The zero-order valence-corrected chi connectivity index (χ0v) is 18.7. The number of amides is 1. The first-order chi connectivity index (χ1) is 15.3. The van der Waals surface area contributed by atoms with Gasteiger partial charge < -0.3 is 10.0 Å².